The van der Waals surface area contributed by atoms with E-state index >= 15 is 0 Å². The first-order chi connectivity index (χ1) is 9.33. The molecule has 2 fully saturated rings. The van der Waals surface area contributed by atoms with Gasteiger partial charge in [-0.2, -0.15) is 0 Å². The molecule has 3 nitrogen and oxygen atoms in total. The highest BCUT2D eigenvalue weighted by atomic mass is 16.3. The van der Waals surface area contributed by atoms with Crippen molar-refractivity contribution in [3.8, 4) is 0 Å². The van der Waals surface area contributed by atoms with Crippen LogP contribution in [0.3, 0.4) is 0 Å². The van der Waals surface area contributed by atoms with E-state index in [-0.39, 0.29) is 0 Å². The van der Waals surface area contributed by atoms with Gasteiger partial charge in [0.15, 0.2) is 0 Å². The highest BCUT2D eigenvalue weighted by molar-refractivity contribution is 5.01. The standard InChI is InChI=1S/C16H26N2O/c1-13(11-14-5-2-3-9-17-14)18(15-7-8-15)12-16-6-4-10-19-16/h4,6,10,13-15,17H,2-3,5,7-9,11-12H2,1H3. The Balaban J connectivity index is 1.56. The summed E-state index contributed by atoms with van der Waals surface area (Å²) < 4.78 is 5.52. The molecule has 3 rings (SSSR count). The molecule has 2 heterocycles. The van der Waals surface area contributed by atoms with Crippen molar-refractivity contribution in [2.75, 3.05) is 6.54 Å². The second kappa shape index (κ2) is 6.10. The second-order valence-corrected chi connectivity index (χ2v) is 6.21. The van der Waals surface area contributed by atoms with E-state index in [0.29, 0.717) is 6.04 Å². The third-order valence-electron chi connectivity index (χ3n) is 4.54. The largest absolute Gasteiger partial charge is 0.468 e. The van der Waals surface area contributed by atoms with Gasteiger partial charge in [0.2, 0.25) is 0 Å². The lowest BCUT2D eigenvalue weighted by molar-refractivity contribution is 0.151. The van der Waals surface area contributed by atoms with E-state index in [1.807, 2.05) is 6.07 Å². The van der Waals surface area contributed by atoms with Crippen LogP contribution < -0.4 is 5.32 Å². The molecule has 2 atom stereocenters. The minimum atomic E-state index is 0.646. The van der Waals surface area contributed by atoms with Crippen LogP contribution in [0.2, 0.25) is 0 Å². The van der Waals surface area contributed by atoms with Crippen molar-refractivity contribution in [1.29, 1.82) is 0 Å². The molecule has 2 unspecified atom stereocenters. The molecule has 0 amide bonds. The van der Waals surface area contributed by atoms with Crippen LogP contribution in [0.25, 0.3) is 0 Å². The van der Waals surface area contributed by atoms with Crippen molar-refractivity contribution in [2.45, 2.75) is 70.1 Å². The summed E-state index contributed by atoms with van der Waals surface area (Å²) in [6.45, 7) is 4.57. The number of rotatable bonds is 6. The number of nitrogens with zero attached hydrogens (tertiary/aromatic N) is 1. The first-order valence-electron chi connectivity index (χ1n) is 7.84. The number of hydrogen-bond acceptors (Lipinski definition) is 3. The summed E-state index contributed by atoms with van der Waals surface area (Å²) in [5.74, 6) is 1.11. The van der Waals surface area contributed by atoms with Crippen LogP contribution in [0.1, 0.15) is 51.2 Å². The third-order valence-corrected chi connectivity index (χ3v) is 4.54. The van der Waals surface area contributed by atoms with Crippen LogP contribution in [-0.4, -0.2) is 29.6 Å². The maximum atomic E-state index is 5.52. The van der Waals surface area contributed by atoms with E-state index in [2.05, 4.69) is 23.2 Å². The van der Waals surface area contributed by atoms with Gasteiger partial charge < -0.3 is 9.73 Å². The number of piperidine rings is 1. The lowest BCUT2D eigenvalue weighted by Gasteiger charge is -2.33. The Hall–Kier alpha value is -0.800. The van der Waals surface area contributed by atoms with E-state index in [1.54, 1.807) is 6.26 Å². The summed E-state index contributed by atoms with van der Waals surface area (Å²) in [5, 5.41) is 3.67. The second-order valence-electron chi connectivity index (χ2n) is 6.21. The van der Waals surface area contributed by atoms with Gasteiger partial charge >= 0.3 is 0 Å². The Morgan fingerprint density at radius 2 is 2.26 bits per heavy atom. The average Bonchev–Trinajstić information content (AvgIpc) is 3.14. The number of nitrogens with one attached hydrogen (secondary N) is 1. The fourth-order valence-electron chi connectivity index (χ4n) is 3.31. The molecule has 1 aromatic heterocycles. The molecule has 1 saturated heterocycles. The molecule has 1 N–H and O–H groups in total. The lowest BCUT2D eigenvalue weighted by Crippen LogP contribution is -2.42. The minimum Gasteiger partial charge on any atom is -0.468 e. The van der Waals surface area contributed by atoms with Crippen LogP contribution >= 0.6 is 0 Å². The van der Waals surface area contributed by atoms with Gasteiger partial charge in [-0.1, -0.05) is 6.42 Å². The molecule has 1 aliphatic carbocycles. The molecule has 1 saturated carbocycles. The van der Waals surface area contributed by atoms with Crippen LogP contribution in [0.5, 0.6) is 0 Å². The van der Waals surface area contributed by atoms with Crippen LogP contribution in [0.4, 0.5) is 0 Å². The maximum absolute atomic E-state index is 5.52. The van der Waals surface area contributed by atoms with Gasteiger partial charge in [0.1, 0.15) is 5.76 Å². The Labute approximate surface area is 116 Å². The van der Waals surface area contributed by atoms with Gasteiger partial charge in [-0.15, -0.1) is 0 Å². The third kappa shape index (κ3) is 3.61. The van der Waals surface area contributed by atoms with Gasteiger partial charge in [0.05, 0.1) is 12.8 Å². The molecule has 1 aromatic rings. The fraction of sp³-hybridized carbons (Fsp3) is 0.750. The lowest BCUT2D eigenvalue weighted by atomic mass is 9.98. The summed E-state index contributed by atoms with van der Waals surface area (Å²) in [4.78, 5) is 2.65. The molecule has 0 radical (unpaired) electrons. The van der Waals surface area contributed by atoms with Crippen molar-refractivity contribution in [2.24, 2.45) is 0 Å². The van der Waals surface area contributed by atoms with Crippen molar-refractivity contribution in [3.63, 3.8) is 0 Å². The molecule has 106 valence electrons. The van der Waals surface area contributed by atoms with Crippen LogP contribution in [-0.2, 0) is 6.54 Å². The molecule has 3 heteroatoms. The van der Waals surface area contributed by atoms with Crippen LogP contribution in [0, 0.1) is 0 Å². The predicted octanol–water partition coefficient (Wildman–Crippen LogP) is 3.16. The zero-order chi connectivity index (χ0) is 13.1. The fourth-order valence-corrected chi connectivity index (χ4v) is 3.31. The number of hydrogen-bond donors (Lipinski definition) is 1. The Morgan fingerprint density at radius 1 is 1.37 bits per heavy atom. The SMILES string of the molecule is CC(CC1CCCCN1)N(Cc1ccco1)C1CC1. The smallest absolute Gasteiger partial charge is 0.117 e. The van der Waals surface area contributed by atoms with E-state index in [1.165, 1.54) is 45.1 Å². The molecule has 0 bridgehead atoms. The minimum absolute atomic E-state index is 0.646. The summed E-state index contributed by atoms with van der Waals surface area (Å²) in [6.07, 6.45) is 9.89. The van der Waals surface area contributed by atoms with Crippen molar-refractivity contribution in [1.82, 2.24) is 10.2 Å². The molecular formula is C16H26N2O. The van der Waals surface area contributed by atoms with Crippen LogP contribution in [0.15, 0.2) is 22.8 Å². The molecule has 1 aliphatic heterocycles. The zero-order valence-corrected chi connectivity index (χ0v) is 12.0. The topological polar surface area (TPSA) is 28.4 Å². The average molecular weight is 262 g/mol. The van der Waals surface area contributed by atoms with Crippen molar-refractivity contribution >= 4 is 0 Å². The summed E-state index contributed by atoms with van der Waals surface area (Å²) >= 11 is 0. The highest BCUT2D eigenvalue weighted by Gasteiger charge is 2.33. The Kier molecular flexibility index (Phi) is 4.24. The molecular weight excluding hydrogens is 236 g/mol. The van der Waals surface area contributed by atoms with Crippen molar-refractivity contribution in [3.05, 3.63) is 24.2 Å². The first-order valence-corrected chi connectivity index (χ1v) is 7.84. The van der Waals surface area contributed by atoms with Gasteiger partial charge in [-0.3, -0.25) is 4.90 Å². The van der Waals surface area contributed by atoms with Crippen molar-refractivity contribution < 1.29 is 4.42 Å². The van der Waals surface area contributed by atoms with Gasteiger partial charge in [0.25, 0.3) is 0 Å². The normalized spacial score (nSPS) is 25.7. The first kappa shape index (κ1) is 13.2. The van der Waals surface area contributed by atoms with Gasteiger partial charge in [-0.25, -0.2) is 0 Å². The molecule has 0 spiro atoms. The summed E-state index contributed by atoms with van der Waals surface area (Å²) in [7, 11) is 0. The molecule has 2 aliphatic rings. The van der Waals surface area contributed by atoms with Gasteiger partial charge in [-0.05, 0) is 57.7 Å². The summed E-state index contributed by atoms with van der Waals surface area (Å²) in [6, 6.07) is 6.26. The Bertz CT molecular complexity index is 366. The molecule has 19 heavy (non-hydrogen) atoms. The highest BCUT2D eigenvalue weighted by Crippen LogP contribution is 2.31. The van der Waals surface area contributed by atoms with E-state index in [0.717, 1.165) is 24.4 Å². The van der Waals surface area contributed by atoms with E-state index < -0.39 is 0 Å². The summed E-state index contributed by atoms with van der Waals surface area (Å²) in [5.41, 5.74) is 0. The predicted molar refractivity (Wildman–Crippen MR) is 77.0 cm³/mol. The monoisotopic (exact) mass is 262 g/mol. The number of furan rings is 1. The Morgan fingerprint density at radius 3 is 2.89 bits per heavy atom. The van der Waals surface area contributed by atoms with E-state index in [4.69, 9.17) is 4.42 Å². The zero-order valence-electron chi connectivity index (χ0n) is 12.0. The molecule has 0 aromatic carbocycles. The quantitative estimate of drug-likeness (QED) is 0.853. The maximum Gasteiger partial charge on any atom is 0.117 e. The van der Waals surface area contributed by atoms with Gasteiger partial charge in [0, 0.05) is 18.1 Å². The van der Waals surface area contributed by atoms with E-state index in [9.17, 15) is 0 Å².